The van der Waals surface area contributed by atoms with Gasteiger partial charge in [0.25, 0.3) is 5.89 Å². The lowest BCUT2D eigenvalue weighted by Gasteiger charge is -2.30. The van der Waals surface area contributed by atoms with Crippen molar-refractivity contribution in [3.63, 3.8) is 0 Å². The summed E-state index contributed by atoms with van der Waals surface area (Å²) in [6, 6.07) is 4.07. The first-order valence-corrected chi connectivity index (χ1v) is 10.6. The molecule has 0 unspecified atom stereocenters. The zero-order valence-electron chi connectivity index (χ0n) is 17.7. The molecule has 0 aromatic carbocycles. The van der Waals surface area contributed by atoms with E-state index in [2.05, 4.69) is 40.6 Å². The van der Waals surface area contributed by atoms with Crippen molar-refractivity contribution in [2.45, 2.75) is 53.1 Å². The Hall–Kier alpha value is -3.00. The third-order valence-corrected chi connectivity index (χ3v) is 6.02. The van der Waals surface area contributed by atoms with Crippen LogP contribution < -0.4 is 5.73 Å². The van der Waals surface area contributed by atoms with E-state index < -0.39 is 0 Å². The highest BCUT2D eigenvalue weighted by atomic mass is 16.5. The lowest BCUT2D eigenvalue weighted by molar-refractivity contribution is 0.304. The van der Waals surface area contributed by atoms with E-state index >= 15 is 0 Å². The van der Waals surface area contributed by atoms with Crippen LogP contribution in [-0.4, -0.2) is 36.0 Å². The predicted octanol–water partition coefficient (Wildman–Crippen LogP) is 3.44. The second kappa shape index (κ2) is 7.05. The molecule has 0 amide bonds. The van der Waals surface area contributed by atoms with E-state index in [0.29, 0.717) is 23.7 Å². The summed E-state index contributed by atoms with van der Waals surface area (Å²) in [4.78, 5) is 9.26. The molecule has 8 nitrogen and oxygen atoms in total. The highest BCUT2D eigenvalue weighted by Gasteiger charge is 2.32. The molecule has 4 heterocycles. The molecule has 8 heteroatoms. The van der Waals surface area contributed by atoms with Crippen molar-refractivity contribution in [2.24, 2.45) is 11.1 Å². The van der Waals surface area contributed by atoms with Gasteiger partial charge in [0.2, 0.25) is 5.82 Å². The van der Waals surface area contributed by atoms with E-state index in [0.717, 1.165) is 54.6 Å². The highest BCUT2D eigenvalue weighted by molar-refractivity contribution is 5.80. The average molecular weight is 406 g/mol. The normalized spacial score (nSPS) is 15.6. The first kappa shape index (κ1) is 19.0. The molecule has 0 radical (unpaired) electrons. The summed E-state index contributed by atoms with van der Waals surface area (Å²) in [7, 11) is 0. The zero-order valence-corrected chi connectivity index (χ0v) is 17.7. The van der Waals surface area contributed by atoms with Crippen LogP contribution in [-0.2, 0) is 25.9 Å². The molecule has 1 aliphatic rings. The molecule has 0 saturated carbocycles. The van der Waals surface area contributed by atoms with Gasteiger partial charge in [0, 0.05) is 54.2 Å². The zero-order chi connectivity index (χ0) is 20.9. The van der Waals surface area contributed by atoms with Gasteiger partial charge in [-0.25, -0.2) is 4.98 Å². The average Bonchev–Trinajstić information content (AvgIpc) is 3.44. The maximum Gasteiger partial charge on any atom is 0.279 e. The molecule has 0 bridgehead atoms. The number of fused-ring (bicyclic) bond motifs is 2. The molecule has 0 spiro atoms. The molecule has 156 valence electrons. The standard InChI is InChI=1S/C22H27N7O/c1-4-29-17-12-22(2,3)7-5-16(17)18(26-29)21-25-19(27-30-21)15-11-14-6-9-28(10-8-23)20(14)24-13-15/h6,9,11,13H,4-5,7-8,10,12,23H2,1-3H3. The van der Waals surface area contributed by atoms with E-state index in [1.807, 2.05) is 22.9 Å². The Balaban J connectivity index is 1.51. The summed E-state index contributed by atoms with van der Waals surface area (Å²) >= 11 is 0. The van der Waals surface area contributed by atoms with Crippen LogP contribution >= 0.6 is 0 Å². The number of nitrogens with zero attached hydrogens (tertiary/aromatic N) is 6. The quantitative estimate of drug-likeness (QED) is 0.546. The second-order valence-electron chi connectivity index (χ2n) is 8.79. The summed E-state index contributed by atoms with van der Waals surface area (Å²) in [6.07, 6.45) is 6.92. The number of hydrogen-bond donors (Lipinski definition) is 1. The number of nitrogens with two attached hydrogens (primary N) is 1. The van der Waals surface area contributed by atoms with E-state index in [-0.39, 0.29) is 0 Å². The van der Waals surface area contributed by atoms with Crippen LogP contribution in [0.4, 0.5) is 0 Å². The van der Waals surface area contributed by atoms with Crippen molar-refractivity contribution in [2.75, 3.05) is 6.54 Å². The van der Waals surface area contributed by atoms with Crippen LogP contribution in [0.1, 0.15) is 38.4 Å². The number of pyridine rings is 1. The maximum atomic E-state index is 5.68. The van der Waals surface area contributed by atoms with Gasteiger partial charge in [-0.2, -0.15) is 10.1 Å². The molecular formula is C22H27N7O. The SMILES string of the molecule is CCn1nc(-c2nc(-c3cnc4c(ccn4CCN)c3)no2)c2c1CC(C)(C)CC2. The van der Waals surface area contributed by atoms with Gasteiger partial charge < -0.3 is 14.8 Å². The lowest BCUT2D eigenvalue weighted by Crippen LogP contribution is -2.24. The highest BCUT2D eigenvalue weighted by Crippen LogP contribution is 2.39. The minimum Gasteiger partial charge on any atom is -0.332 e. The van der Waals surface area contributed by atoms with Gasteiger partial charge in [0.1, 0.15) is 5.65 Å². The van der Waals surface area contributed by atoms with Gasteiger partial charge in [-0.05, 0) is 43.7 Å². The van der Waals surface area contributed by atoms with Crippen LogP contribution in [0.5, 0.6) is 0 Å². The van der Waals surface area contributed by atoms with Crippen molar-refractivity contribution >= 4 is 11.0 Å². The van der Waals surface area contributed by atoms with E-state index in [1.165, 1.54) is 11.3 Å². The molecule has 0 fully saturated rings. The van der Waals surface area contributed by atoms with Gasteiger partial charge in [0.15, 0.2) is 5.69 Å². The fourth-order valence-corrected chi connectivity index (χ4v) is 4.39. The van der Waals surface area contributed by atoms with Crippen molar-refractivity contribution in [3.05, 3.63) is 35.8 Å². The minimum absolute atomic E-state index is 0.290. The Bertz CT molecular complexity index is 1210. The molecule has 0 aliphatic heterocycles. The summed E-state index contributed by atoms with van der Waals surface area (Å²) < 4.78 is 9.78. The lowest BCUT2D eigenvalue weighted by atomic mass is 9.76. The molecule has 1 aliphatic carbocycles. The molecule has 2 N–H and O–H groups in total. The third-order valence-electron chi connectivity index (χ3n) is 6.02. The van der Waals surface area contributed by atoms with Crippen LogP contribution in [0.2, 0.25) is 0 Å². The monoisotopic (exact) mass is 405 g/mol. The van der Waals surface area contributed by atoms with Gasteiger partial charge in [-0.15, -0.1) is 0 Å². The first-order chi connectivity index (χ1) is 14.5. The van der Waals surface area contributed by atoms with Crippen molar-refractivity contribution in [1.82, 2.24) is 29.5 Å². The Morgan fingerprint density at radius 3 is 2.97 bits per heavy atom. The summed E-state index contributed by atoms with van der Waals surface area (Å²) in [5.41, 5.74) is 11.1. The fourth-order valence-electron chi connectivity index (χ4n) is 4.39. The Morgan fingerprint density at radius 1 is 1.30 bits per heavy atom. The van der Waals surface area contributed by atoms with Crippen LogP contribution in [0.15, 0.2) is 29.0 Å². The molecule has 0 saturated heterocycles. The van der Waals surface area contributed by atoms with Crippen LogP contribution in [0.3, 0.4) is 0 Å². The van der Waals surface area contributed by atoms with Crippen LogP contribution in [0.25, 0.3) is 34.0 Å². The van der Waals surface area contributed by atoms with E-state index in [4.69, 9.17) is 15.4 Å². The summed E-state index contributed by atoms with van der Waals surface area (Å²) in [5.74, 6) is 1.01. The number of hydrogen-bond acceptors (Lipinski definition) is 6. The van der Waals surface area contributed by atoms with Crippen molar-refractivity contribution < 1.29 is 4.52 Å². The Labute approximate surface area is 175 Å². The molecule has 30 heavy (non-hydrogen) atoms. The maximum absolute atomic E-state index is 5.68. The van der Waals surface area contributed by atoms with Gasteiger partial charge in [0.05, 0.1) is 0 Å². The number of rotatable bonds is 5. The molecule has 4 aromatic heterocycles. The van der Waals surface area contributed by atoms with Crippen molar-refractivity contribution in [3.8, 4) is 23.0 Å². The van der Waals surface area contributed by atoms with Gasteiger partial charge in [-0.1, -0.05) is 19.0 Å². The van der Waals surface area contributed by atoms with Gasteiger partial charge >= 0.3 is 0 Å². The summed E-state index contributed by atoms with van der Waals surface area (Å²) in [6.45, 7) is 8.90. The van der Waals surface area contributed by atoms with E-state index in [9.17, 15) is 0 Å². The Morgan fingerprint density at radius 2 is 2.17 bits per heavy atom. The summed E-state index contributed by atoms with van der Waals surface area (Å²) in [5, 5.41) is 10.1. The first-order valence-electron chi connectivity index (χ1n) is 10.6. The smallest absolute Gasteiger partial charge is 0.279 e. The topological polar surface area (TPSA) is 101 Å². The third kappa shape index (κ3) is 3.11. The predicted molar refractivity (Wildman–Crippen MR) is 115 cm³/mol. The Kier molecular flexibility index (Phi) is 4.47. The molecule has 4 aromatic rings. The van der Waals surface area contributed by atoms with Crippen LogP contribution in [0, 0.1) is 5.41 Å². The minimum atomic E-state index is 0.290. The number of aryl methyl sites for hydroxylation is 1. The van der Waals surface area contributed by atoms with E-state index in [1.54, 1.807) is 6.20 Å². The largest absolute Gasteiger partial charge is 0.332 e. The van der Waals surface area contributed by atoms with Gasteiger partial charge in [-0.3, -0.25) is 4.68 Å². The molecule has 5 rings (SSSR count). The fraction of sp³-hybridized carbons (Fsp3) is 0.455. The molecular weight excluding hydrogens is 378 g/mol. The second-order valence-corrected chi connectivity index (χ2v) is 8.79. The van der Waals surface area contributed by atoms with Crippen molar-refractivity contribution in [1.29, 1.82) is 0 Å². The number of aromatic nitrogens is 6. The molecule has 0 atom stereocenters.